The van der Waals surface area contributed by atoms with E-state index < -0.39 is 0 Å². The van der Waals surface area contributed by atoms with Crippen molar-refractivity contribution in [1.82, 2.24) is 10.6 Å². The van der Waals surface area contributed by atoms with E-state index in [-0.39, 0.29) is 11.9 Å². The number of carbonyl (C=O) groups excluding carboxylic acids is 1. The molecule has 1 aliphatic rings. The van der Waals surface area contributed by atoms with E-state index in [2.05, 4.69) is 57.0 Å². The number of hydrogen-bond acceptors (Lipinski definition) is 4. The maximum absolute atomic E-state index is 11.2. The van der Waals surface area contributed by atoms with Crippen molar-refractivity contribution in [2.45, 2.75) is 32.7 Å². The molecule has 3 N–H and O–H groups in total. The molecule has 0 aromatic heterocycles. The van der Waals surface area contributed by atoms with E-state index in [1.807, 2.05) is 24.3 Å². The summed E-state index contributed by atoms with van der Waals surface area (Å²) in [5.41, 5.74) is 3.25. The molecule has 31 heavy (non-hydrogen) atoms. The lowest BCUT2D eigenvalue weighted by atomic mass is 10.1. The first-order chi connectivity index (χ1) is 15.0. The van der Waals surface area contributed by atoms with E-state index in [0.29, 0.717) is 18.9 Å². The van der Waals surface area contributed by atoms with Gasteiger partial charge in [-0.15, -0.1) is 0 Å². The van der Waals surface area contributed by atoms with Crippen molar-refractivity contribution in [1.29, 1.82) is 0 Å². The summed E-state index contributed by atoms with van der Waals surface area (Å²) in [6, 6.07) is 16.2. The molecule has 0 spiro atoms. The number of benzene rings is 2. The van der Waals surface area contributed by atoms with Crippen molar-refractivity contribution in [2.24, 2.45) is 4.99 Å². The van der Waals surface area contributed by atoms with E-state index in [4.69, 9.17) is 4.74 Å². The number of anilines is 2. The number of carbonyl (C=O) groups is 1. The first-order valence-corrected chi connectivity index (χ1v) is 10.9. The molecule has 1 amide bonds. The van der Waals surface area contributed by atoms with Gasteiger partial charge in [0.2, 0.25) is 5.91 Å². The van der Waals surface area contributed by atoms with Gasteiger partial charge in [0.15, 0.2) is 5.96 Å². The molecule has 0 aliphatic carbocycles. The van der Waals surface area contributed by atoms with Crippen LogP contribution in [0.25, 0.3) is 0 Å². The first kappa shape index (κ1) is 22.5. The van der Waals surface area contributed by atoms with E-state index in [1.165, 1.54) is 31.0 Å². The summed E-state index contributed by atoms with van der Waals surface area (Å²) in [7, 11) is 1.76. The third kappa shape index (κ3) is 6.91. The molecule has 2 aromatic rings. The molecular weight excluding hydrogens is 390 g/mol. The predicted molar refractivity (Wildman–Crippen MR) is 127 cm³/mol. The number of rotatable bonds is 8. The van der Waals surface area contributed by atoms with Crippen molar-refractivity contribution < 1.29 is 9.53 Å². The summed E-state index contributed by atoms with van der Waals surface area (Å²) in [6.45, 7) is 6.98. The number of hydrogen-bond donors (Lipinski definition) is 3. The monoisotopic (exact) mass is 423 g/mol. The van der Waals surface area contributed by atoms with Gasteiger partial charge >= 0.3 is 0 Å². The van der Waals surface area contributed by atoms with Gasteiger partial charge in [-0.25, -0.2) is 0 Å². The quantitative estimate of drug-likeness (QED) is 0.344. The normalized spacial score (nSPS) is 14.8. The van der Waals surface area contributed by atoms with Crippen LogP contribution in [0, 0.1) is 0 Å². The van der Waals surface area contributed by atoms with Crippen LogP contribution in [-0.2, 0) is 4.79 Å². The molecule has 7 heteroatoms. The number of aliphatic imine (C=N–C) groups is 1. The topological polar surface area (TPSA) is 78.0 Å². The van der Waals surface area contributed by atoms with Crippen molar-refractivity contribution in [3.8, 4) is 5.75 Å². The van der Waals surface area contributed by atoms with Crippen LogP contribution in [-0.4, -0.2) is 45.2 Å². The number of nitrogens with zero attached hydrogens (tertiary/aromatic N) is 2. The molecule has 3 rings (SSSR count). The number of amides is 1. The summed E-state index contributed by atoms with van der Waals surface area (Å²) < 4.78 is 5.78. The highest BCUT2D eigenvalue weighted by molar-refractivity contribution is 5.88. The average Bonchev–Trinajstić information content (AvgIpc) is 3.30. The maximum Gasteiger partial charge on any atom is 0.221 e. The molecule has 1 heterocycles. The predicted octanol–water partition coefficient (Wildman–Crippen LogP) is 3.55. The highest BCUT2D eigenvalue weighted by atomic mass is 16.5. The van der Waals surface area contributed by atoms with Crippen LogP contribution in [0.15, 0.2) is 53.5 Å². The molecule has 1 saturated heterocycles. The summed E-state index contributed by atoms with van der Waals surface area (Å²) in [5.74, 6) is 1.34. The van der Waals surface area contributed by atoms with E-state index in [0.717, 1.165) is 24.7 Å². The van der Waals surface area contributed by atoms with Gasteiger partial charge in [-0.3, -0.25) is 9.79 Å². The Labute approximate surface area is 184 Å². The second-order valence-electron chi connectivity index (χ2n) is 7.71. The first-order valence-electron chi connectivity index (χ1n) is 10.9. The fraction of sp³-hybridized carbons (Fsp3) is 0.417. The highest BCUT2D eigenvalue weighted by Gasteiger charge is 2.14. The van der Waals surface area contributed by atoms with Crippen LogP contribution in [0.1, 0.15) is 38.3 Å². The molecule has 1 aliphatic heterocycles. The second kappa shape index (κ2) is 11.2. The lowest BCUT2D eigenvalue weighted by Gasteiger charge is -2.22. The van der Waals surface area contributed by atoms with E-state index in [9.17, 15) is 4.79 Å². The van der Waals surface area contributed by atoms with Gasteiger partial charge in [0, 0.05) is 44.5 Å². The largest absolute Gasteiger partial charge is 0.492 e. The van der Waals surface area contributed by atoms with Crippen LogP contribution >= 0.6 is 0 Å². The summed E-state index contributed by atoms with van der Waals surface area (Å²) in [4.78, 5) is 18.0. The Bertz CT molecular complexity index is 893. The van der Waals surface area contributed by atoms with Gasteiger partial charge in [-0.1, -0.05) is 18.2 Å². The third-order valence-electron chi connectivity index (χ3n) is 5.24. The molecule has 2 aromatic carbocycles. The van der Waals surface area contributed by atoms with Crippen molar-refractivity contribution in [2.75, 3.05) is 43.5 Å². The molecule has 0 radical (unpaired) electrons. The fourth-order valence-electron chi connectivity index (χ4n) is 3.65. The zero-order valence-corrected chi connectivity index (χ0v) is 18.6. The lowest BCUT2D eigenvalue weighted by molar-refractivity contribution is -0.114. The molecule has 1 unspecified atom stereocenters. The van der Waals surface area contributed by atoms with Crippen LogP contribution < -0.4 is 25.6 Å². The lowest BCUT2D eigenvalue weighted by Crippen LogP contribution is -2.40. The Morgan fingerprint density at radius 1 is 1.16 bits per heavy atom. The summed E-state index contributed by atoms with van der Waals surface area (Å²) in [6.07, 6.45) is 2.54. The maximum atomic E-state index is 11.2. The summed E-state index contributed by atoms with van der Waals surface area (Å²) >= 11 is 0. The molecule has 0 saturated carbocycles. The second-order valence-corrected chi connectivity index (χ2v) is 7.71. The number of guanidine groups is 1. The fourth-order valence-corrected chi connectivity index (χ4v) is 3.65. The number of nitrogens with one attached hydrogen (secondary N) is 3. The minimum absolute atomic E-state index is 0.103. The van der Waals surface area contributed by atoms with Gasteiger partial charge in [0.05, 0.1) is 12.6 Å². The van der Waals surface area contributed by atoms with Crippen molar-refractivity contribution >= 4 is 23.2 Å². The molecule has 1 fully saturated rings. The van der Waals surface area contributed by atoms with Gasteiger partial charge in [-0.2, -0.15) is 0 Å². The average molecular weight is 424 g/mol. The van der Waals surface area contributed by atoms with E-state index in [1.54, 1.807) is 7.05 Å². The Kier molecular flexibility index (Phi) is 8.15. The van der Waals surface area contributed by atoms with Crippen LogP contribution in [0.2, 0.25) is 0 Å². The van der Waals surface area contributed by atoms with E-state index >= 15 is 0 Å². The Hall–Kier alpha value is -3.22. The zero-order chi connectivity index (χ0) is 22.1. The van der Waals surface area contributed by atoms with Gasteiger partial charge < -0.3 is 25.6 Å². The Morgan fingerprint density at radius 3 is 2.68 bits per heavy atom. The zero-order valence-electron chi connectivity index (χ0n) is 18.6. The minimum Gasteiger partial charge on any atom is -0.492 e. The molecular formula is C24H33N5O2. The van der Waals surface area contributed by atoms with Gasteiger partial charge in [0.25, 0.3) is 0 Å². The standard InChI is InChI=1S/C24H33N5O2/c1-18(20-8-6-10-22(16-20)29-13-4-5-14-29)27-24(25-3)26-12-15-31-23-11-7-9-21(17-23)28-19(2)30/h6-11,16-18H,4-5,12-15H2,1-3H3,(H,28,30)(H2,25,26,27). The van der Waals surface area contributed by atoms with Gasteiger partial charge in [-0.05, 0) is 49.6 Å². The molecule has 7 nitrogen and oxygen atoms in total. The van der Waals surface area contributed by atoms with Crippen molar-refractivity contribution in [3.63, 3.8) is 0 Å². The highest BCUT2D eigenvalue weighted by Crippen LogP contribution is 2.24. The van der Waals surface area contributed by atoms with Crippen LogP contribution in [0.3, 0.4) is 0 Å². The SMILES string of the molecule is CN=C(NCCOc1cccc(NC(C)=O)c1)NC(C)c1cccc(N2CCCC2)c1. The van der Waals surface area contributed by atoms with Crippen LogP contribution in [0.4, 0.5) is 11.4 Å². The Balaban J connectivity index is 1.46. The number of ether oxygens (including phenoxy) is 1. The Morgan fingerprint density at radius 2 is 1.94 bits per heavy atom. The smallest absolute Gasteiger partial charge is 0.221 e. The minimum atomic E-state index is -0.103. The van der Waals surface area contributed by atoms with Gasteiger partial charge in [0.1, 0.15) is 12.4 Å². The molecule has 166 valence electrons. The molecule has 1 atom stereocenters. The summed E-state index contributed by atoms with van der Waals surface area (Å²) in [5, 5.41) is 9.49. The van der Waals surface area contributed by atoms with Crippen molar-refractivity contribution in [3.05, 3.63) is 54.1 Å². The van der Waals surface area contributed by atoms with Crippen LogP contribution in [0.5, 0.6) is 5.75 Å². The third-order valence-corrected chi connectivity index (χ3v) is 5.24. The molecule has 0 bridgehead atoms.